The third-order valence-electron chi connectivity index (χ3n) is 4.23. The first kappa shape index (κ1) is 12.1. The summed E-state index contributed by atoms with van der Waals surface area (Å²) >= 11 is 0. The Kier molecular flexibility index (Phi) is 5.17. The van der Waals surface area contributed by atoms with Crippen LogP contribution >= 0.6 is 0 Å². The van der Waals surface area contributed by atoms with Crippen molar-refractivity contribution in [3.8, 4) is 0 Å². The van der Waals surface area contributed by atoms with E-state index >= 15 is 0 Å². The van der Waals surface area contributed by atoms with Crippen molar-refractivity contribution < 1.29 is 0 Å². The van der Waals surface area contributed by atoms with Crippen LogP contribution in [0.25, 0.3) is 0 Å². The van der Waals surface area contributed by atoms with Gasteiger partial charge in [-0.25, -0.2) is 0 Å². The van der Waals surface area contributed by atoms with E-state index in [0.29, 0.717) is 0 Å². The molecule has 2 saturated carbocycles. The van der Waals surface area contributed by atoms with Gasteiger partial charge in [-0.05, 0) is 11.1 Å². The molecule has 0 spiro atoms. The van der Waals surface area contributed by atoms with Gasteiger partial charge in [-0.2, -0.15) is 0 Å². The largest absolute Gasteiger partial charge is 0.0533 e. The first-order chi connectivity index (χ1) is 7.42. The summed E-state index contributed by atoms with van der Waals surface area (Å²) in [7, 11) is 4.98. The van der Waals surface area contributed by atoms with Crippen LogP contribution in [0.5, 0.6) is 0 Å². The van der Waals surface area contributed by atoms with Crippen LogP contribution in [0.4, 0.5) is 0 Å². The molecule has 0 unspecified atom stereocenters. The molecular weight excluding hydrogens is 228 g/mol. The average Bonchev–Trinajstić information content (AvgIpc) is 2.33. The molecule has 2 aliphatic rings. The molecule has 0 atom stereocenters. The second kappa shape index (κ2) is 6.40. The van der Waals surface area contributed by atoms with Gasteiger partial charge in [0, 0.05) is 26.6 Å². The topological polar surface area (TPSA) is 0 Å². The van der Waals surface area contributed by atoms with Crippen LogP contribution in [0.15, 0.2) is 0 Å². The molecule has 2 fully saturated rings. The molecule has 0 aromatic rings. The van der Waals surface area contributed by atoms with E-state index in [-0.39, 0.29) is 8.31 Å². The van der Waals surface area contributed by atoms with E-state index in [1.807, 2.05) is 0 Å². The summed E-state index contributed by atoms with van der Waals surface area (Å²) in [4.78, 5) is 0. The summed E-state index contributed by atoms with van der Waals surface area (Å²) in [6.07, 6.45) is 15.4. The van der Waals surface area contributed by atoms with Crippen LogP contribution in [0.2, 0.25) is 11.1 Å². The fourth-order valence-electron chi connectivity index (χ4n) is 3.36. The van der Waals surface area contributed by atoms with E-state index in [4.69, 9.17) is 0 Å². The van der Waals surface area contributed by atoms with E-state index in [2.05, 4.69) is 9.76 Å². The summed E-state index contributed by atoms with van der Waals surface area (Å²) < 4.78 is 0. The van der Waals surface area contributed by atoms with Crippen molar-refractivity contribution in [1.29, 1.82) is 0 Å². The fraction of sp³-hybridized carbons (Fsp3) is 1.00. The number of hydrogen-bond donors (Lipinski definition) is 0. The van der Waals surface area contributed by atoms with Gasteiger partial charge in [0.1, 0.15) is 0 Å². The Morgan fingerprint density at radius 3 is 1.47 bits per heavy atom. The summed E-state index contributed by atoms with van der Waals surface area (Å²) in [5, 5.41) is 0. The van der Waals surface area contributed by atoms with Crippen LogP contribution in [-0.2, 0) is 0 Å². The first-order valence-electron chi connectivity index (χ1n) is 6.71. The van der Waals surface area contributed by atoms with Crippen molar-refractivity contribution in [1.82, 2.24) is 0 Å². The van der Waals surface area contributed by atoms with Crippen molar-refractivity contribution >= 4 is 26.6 Å². The minimum Gasteiger partial charge on any atom is -0.0533 e. The van der Waals surface area contributed by atoms with E-state index in [9.17, 15) is 0 Å². The molecule has 6 radical (unpaired) electrons. The van der Waals surface area contributed by atoms with Crippen molar-refractivity contribution in [2.75, 3.05) is 0 Å². The van der Waals surface area contributed by atoms with E-state index in [1.165, 1.54) is 49.6 Å². The van der Waals surface area contributed by atoms with Crippen molar-refractivity contribution in [3.05, 3.63) is 0 Å². The van der Waals surface area contributed by atoms with Gasteiger partial charge in [0.05, 0.1) is 0 Å². The molecule has 2 aliphatic carbocycles. The van der Waals surface area contributed by atoms with Crippen molar-refractivity contribution in [2.45, 2.75) is 75.3 Å². The van der Waals surface area contributed by atoms with Crippen LogP contribution in [0.3, 0.4) is 0 Å². The maximum absolute atomic E-state index is 3.91. The summed E-state index contributed by atoms with van der Waals surface area (Å²) in [6.45, 7) is 0. The Balaban J connectivity index is 1.88. The quantitative estimate of drug-likeness (QED) is 0.673. The molecule has 3 heteroatoms. The van der Waals surface area contributed by atoms with Crippen molar-refractivity contribution in [2.24, 2.45) is 0 Å². The van der Waals surface area contributed by atoms with Gasteiger partial charge in [-0.15, -0.1) is 0 Å². The van der Waals surface area contributed by atoms with Crippen LogP contribution in [-0.4, -0.2) is 26.6 Å². The third-order valence-corrected chi connectivity index (χ3v) is 13.4. The van der Waals surface area contributed by atoms with Gasteiger partial charge in [-0.1, -0.05) is 64.2 Å². The summed E-state index contributed by atoms with van der Waals surface area (Å²) in [5.41, 5.74) is 2.34. The van der Waals surface area contributed by atoms with Crippen LogP contribution in [0.1, 0.15) is 64.2 Å². The zero-order chi connectivity index (χ0) is 10.5. The van der Waals surface area contributed by atoms with Gasteiger partial charge < -0.3 is 0 Å². The zero-order valence-corrected chi connectivity index (χ0v) is 12.7. The minimum atomic E-state index is -0.0439. The maximum atomic E-state index is 3.91. The molecule has 0 amide bonds. The van der Waals surface area contributed by atoms with Crippen LogP contribution in [0, 0.1) is 0 Å². The second-order valence-corrected chi connectivity index (χ2v) is 12.8. The highest BCUT2D eigenvalue weighted by molar-refractivity contribution is 7.32. The lowest BCUT2D eigenvalue weighted by molar-refractivity contribution is 0.467. The lowest BCUT2D eigenvalue weighted by Gasteiger charge is -2.36. The lowest BCUT2D eigenvalue weighted by atomic mass is 9.99. The summed E-state index contributed by atoms with van der Waals surface area (Å²) in [5.74, 6) is 0. The molecule has 0 aromatic carbocycles. The molecule has 0 bridgehead atoms. The third kappa shape index (κ3) is 3.30. The molecule has 15 heavy (non-hydrogen) atoms. The fourth-order valence-corrected chi connectivity index (χ4v) is 13.1. The average molecular weight is 251 g/mol. The van der Waals surface area contributed by atoms with Gasteiger partial charge >= 0.3 is 0 Å². The molecule has 0 saturated heterocycles. The summed E-state index contributed by atoms with van der Waals surface area (Å²) in [6, 6.07) is 0. The Morgan fingerprint density at radius 2 is 1.13 bits per heavy atom. The normalized spacial score (nSPS) is 26.0. The zero-order valence-electron chi connectivity index (χ0n) is 9.73. The Hall–Kier alpha value is 0.651. The molecule has 0 N–H and O–H groups in total. The predicted octanol–water partition coefficient (Wildman–Crippen LogP) is 3.43. The predicted molar refractivity (Wildman–Crippen MR) is 70.9 cm³/mol. The van der Waals surface area contributed by atoms with Gasteiger partial charge in [-0.3, -0.25) is 0 Å². The minimum absolute atomic E-state index is 0.0439. The van der Waals surface area contributed by atoms with Gasteiger partial charge in [0.25, 0.3) is 0 Å². The molecule has 82 valence electrons. The second-order valence-electron chi connectivity index (χ2n) is 5.25. The monoisotopic (exact) mass is 250 g/mol. The maximum Gasteiger partial charge on any atom is 0.0368 e. The number of rotatable bonds is 3. The standard InChI is InChI=1S/C12H22Si3/c13-14-15(11-7-3-1-4-8-11)12-9-5-2-6-10-12/h11-12H,1-10H2. The van der Waals surface area contributed by atoms with E-state index in [0.717, 1.165) is 8.55 Å². The highest BCUT2D eigenvalue weighted by Gasteiger charge is 2.31. The first-order valence-corrected chi connectivity index (χ1v) is 11.9. The molecular formula is C12H22Si3. The van der Waals surface area contributed by atoms with E-state index in [1.54, 1.807) is 25.7 Å². The SMILES string of the molecule is [Si][Si][Si](C1CCCCC1)C1CCCCC1. The van der Waals surface area contributed by atoms with Gasteiger partial charge in [0.2, 0.25) is 0 Å². The number of hydrogen-bond acceptors (Lipinski definition) is 0. The Morgan fingerprint density at radius 1 is 0.733 bits per heavy atom. The van der Waals surface area contributed by atoms with Gasteiger partial charge in [0.15, 0.2) is 0 Å². The Labute approximate surface area is 102 Å². The smallest absolute Gasteiger partial charge is 0.0368 e. The van der Waals surface area contributed by atoms with Crippen LogP contribution < -0.4 is 0 Å². The molecule has 0 heterocycles. The highest BCUT2D eigenvalue weighted by atomic mass is 29.5. The molecule has 2 rings (SSSR count). The highest BCUT2D eigenvalue weighted by Crippen LogP contribution is 2.40. The van der Waals surface area contributed by atoms with E-state index < -0.39 is 0 Å². The molecule has 0 aliphatic heterocycles. The molecule has 0 aromatic heterocycles. The van der Waals surface area contributed by atoms with Crippen molar-refractivity contribution in [3.63, 3.8) is 0 Å². The lowest BCUT2D eigenvalue weighted by Crippen LogP contribution is -2.36. The Bertz CT molecular complexity index is 154. The molecule has 0 nitrogen and oxygen atoms in total.